The number of halogens is 2. The highest BCUT2D eigenvalue weighted by molar-refractivity contribution is 6.35. The molecule has 6 nitrogen and oxygen atoms in total. The van der Waals surface area contributed by atoms with E-state index in [-0.39, 0.29) is 22.1 Å². The smallest absolute Gasteiger partial charge is 0.279 e. The first-order chi connectivity index (χ1) is 11.8. The second-order valence-corrected chi connectivity index (χ2v) is 6.09. The Bertz CT molecular complexity index is 811. The van der Waals surface area contributed by atoms with E-state index in [0.29, 0.717) is 10.6 Å². The number of phenolic OH excluding ortho intramolecular Hbond substituents is 1. The lowest BCUT2D eigenvalue weighted by molar-refractivity contribution is -0.128. The van der Waals surface area contributed by atoms with Gasteiger partial charge in [0.25, 0.3) is 11.8 Å². The van der Waals surface area contributed by atoms with Crippen molar-refractivity contribution in [1.29, 1.82) is 0 Å². The molecule has 2 aromatic carbocycles. The maximum Gasteiger partial charge on any atom is 0.279 e. The fraction of sp³-hybridized carbons (Fsp3) is 0.176. The first-order valence-electron chi connectivity index (χ1n) is 7.30. The van der Waals surface area contributed by atoms with Gasteiger partial charge in [-0.05, 0) is 43.7 Å². The molecule has 1 unspecified atom stereocenters. The molecule has 0 aliphatic heterocycles. The van der Waals surface area contributed by atoms with Crippen molar-refractivity contribution >= 4 is 35.0 Å². The standard InChI is InChI=1S/C17H16Cl2N2O4/c1-9-4-3-5-12(15(9)22)17(24)21-20-16(23)10(2)25-14-7-6-11(18)8-13(14)19/h3-8,10,22H,1-2H3,(H,20,23)(H,21,24). The van der Waals surface area contributed by atoms with Crippen LogP contribution >= 0.6 is 23.2 Å². The van der Waals surface area contributed by atoms with Crippen LogP contribution in [0.2, 0.25) is 10.0 Å². The van der Waals surface area contributed by atoms with E-state index in [4.69, 9.17) is 27.9 Å². The molecule has 0 aliphatic carbocycles. The number of carbonyl (C=O) groups is 2. The number of aromatic hydroxyl groups is 1. The number of amides is 2. The molecule has 0 heterocycles. The van der Waals surface area contributed by atoms with E-state index in [1.165, 1.54) is 25.1 Å². The Morgan fingerprint density at radius 3 is 2.56 bits per heavy atom. The molecule has 0 spiro atoms. The Morgan fingerprint density at radius 2 is 1.88 bits per heavy atom. The highest BCUT2D eigenvalue weighted by Gasteiger charge is 2.18. The molecule has 3 N–H and O–H groups in total. The molecule has 0 saturated carbocycles. The van der Waals surface area contributed by atoms with Crippen LogP contribution in [0.1, 0.15) is 22.8 Å². The van der Waals surface area contributed by atoms with Gasteiger partial charge < -0.3 is 9.84 Å². The van der Waals surface area contributed by atoms with Gasteiger partial charge in [-0.15, -0.1) is 0 Å². The van der Waals surface area contributed by atoms with Crippen molar-refractivity contribution in [2.24, 2.45) is 0 Å². The predicted molar refractivity (Wildman–Crippen MR) is 95.0 cm³/mol. The number of hydrogen-bond donors (Lipinski definition) is 3. The summed E-state index contributed by atoms with van der Waals surface area (Å²) in [5.41, 5.74) is 5.06. The minimum atomic E-state index is -0.926. The number of para-hydroxylation sites is 1. The maximum atomic E-state index is 12.0. The fourth-order valence-electron chi connectivity index (χ4n) is 1.94. The number of aryl methyl sites for hydroxylation is 1. The van der Waals surface area contributed by atoms with E-state index in [2.05, 4.69) is 10.9 Å². The van der Waals surface area contributed by atoms with Crippen molar-refractivity contribution in [2.45, 2.75) is 20.0 Å². The molecule has 8 heteroatoms. The molecule has 0 saturated heterocycles. The minimum Gasteiger partial charge on any atom is -0.507 e. The van der Waals surface area contributed by atoms with E-state index in [9.17, 15) is 14.7 Å². The summed E-state index contributed by atoms with van der Waals surface area (Å²) in [5.74, 6) is -1.10. The number of nitrogens with one attached hydrogen (secondary N) is 2. The molecule has 2 amide bonds. The Kier molecular flexibility index (Phi) is 6.12. The first kappa shape index (κ1) is 18.9. The zero-order valence-electron chi connectivity index (χ0n) is 13.5. The van der Waals surface area contributed by atoms with Gasteiger partial charge in [0.05, 0.1) is 10.6 Å². The highest BCUT2D eigenvalue weighted by atomic mass is 35.5. The second kappa shape index (κ2) is 8.09. The number of rotatable bonds is 4. The number of hydrogen-bond acceptors (Lipinski definition) is 4. The van der Waals surface area contributed by atoms with Crippen molar-refractivity contribution in [2.75, 3.05) is 0 Å². The van der Waals surface area contributed by atoms with Crippen molar-refractivity contribution in [1.82, 2.24) is 10.9 Å². The molecule has 2 aromatic rings. The van der Waals surface area contributed by atoms with E-state index in [0.717, 1.165) is 0 Å². The highest BCUT2D eigenvalue weighted by Crippen LogP contribution is 2.28. The summed E-state index contributed by atoms with van der Waals surface area (Å²) < 4.78 is 5.44. The Hall–Kier alpha value is -2.44. The summed E-state index contributed by atoms with van der Waals surface area (Å²) in [6.45, 7) is 3.16. The maximum absolute atomic E-state index is 12.0. The van der Waals surface area contributed by atoms with E-state index in [1.807, 2.05) is 0 Å². The summed E-state index contributed by atoms with van der Waals surface area (Å²) in [6, 6.07) is 9.34. The molecule has 132 valence electrons. The van der Waals surface area contributed by atoms with Gasteiger partial charge in [-0.25, -0.2) is 0 Å². The minimum absolute atomic E-state index is 0.0506. The van der Waals surface area contributed by atoms with E-state index >= 15 is 0 Å². The van der Waals surface area contributed by atoms with Crippen LogP contribution in [0.3, 0.4) is 0 Å². The zero-order valence-corrected chi connectivity index (χ0v) is 15.0. The summed E-state index contributed by atoms with van der Waals surface area (Å²) in [5, 5.41) is 10.6. The summed E-state index contributed by atoms with van der Waals surface area (Å²) in [6.07, 6.45) is -0.926. The Labute approximate surface area is 154 Å². The van der Waals surface area contributed by atoms with Crippen molar-refractivity contribution in [3.63, 3.8) is 0 Å². The largest absolute Gasteiger partial charge is 0.507 e. The summed E-state index contributed by atoms with van der Waals surface area (Å²) in [7, 11) is 0. The molecule has 25 heavy (non-hydrogen) atoms. The van der Waals surface area contributed by atoms with Gasteiger partial charge in [0.2, 0.25) is 0 Å². The fourth-order valence-corrected chi connectivity index (χ4v) is 2.40. The van der Waals surface area contributed by atoms with Gasteiger partial charge >= 0.3 is 0 Å². The van der Waals surface area contributed by atoms with Crippen LogP contribution in [0.25, 0.3) is 0 Å². The lowest BCUT2D eigenvalue weighted by Crippen LogP contribution is -2.47. The number of carbonyl (C=O) groups excluding carboxylic acids is 2. The summed E-state index contributed by atoms with van der Waals surface area (Å²) >= 11 is 11.8. The molecule has 0 radical (unpaired) electrons. The molecular weight excluding hydrogens is 367 g/mol. The van der Waals surface area contributed by atoms with Crippen LogP contribution in [-0.2, 0) is 4.79 Å². The number of hydrazine groups is 1. The summed E-state index contributed by atoms with van der Waals surface area (Å²) in [4.78, 5) is 24.1. The Balaban J connectivity index is 1.95. The SMILES string of the molecule is Cc1cccc(C(=O)NNC(=O)C(C)Oc2ccc(Cl)cc2Cl)c1O. The third kappa shape index (κ3) is 4.78. The van der Waals surface area contributed by atoms with Crippen LogP contribution < -0.4 is 15.6 Å². The van der Waals surface area contributed by atoms with Crippen LogP contribution in [0.5, 0.6) is 11.5 Å². The normalized spacial score (nSPS) is 11.5. The van der Waals surface area contributed by atoms with Crippen LogP contribution in [0.4, 0.5) is 0 Å². The molecule has 0 fully saturated rings. The van der Waals surface area contributed by atoms with E-state index in [1.54, 1.807) is 25.1 Å². The topological polar surface area (TPSA) is 87.7 Å². The first-order valence-corrected chi connectivity index (χ1v) is 8.05. The Morgan fingerprint density at radius 1 is 1.16 bits per heavy atom. The molecule has 0 aliphatic rings. The second-order valence-electron chi connectivity index (χ2n) is 5.25. The van der Waals surface area contributed by atoms with Crippen LogP contribution in [0, 0.1) is 6.92 Å². The van der Waals surface area contributed by atoms with Gasteiger partial charge in [-0.1, -0.05) is 35.3 Å². The van der Waals surface area contributed by atoms with Gasteiger partial charge in [-0.2, -0.15) is 0 Å². The van der Waals surface area contributed by atoms with Gasteiger partial charge in [0, 0.05) is 5.02 Å². The monoisotopic (exact) mass is 382 g/mol. The van der Waals surface area contributed by atoms with Crippen LogP contribution in [-0.4, -0.2) is 23.0 Å². The number of benzene rings is 2. The zero-order chi connectivity index (χ0) is 18.6. The van der Waals surface area contributed by atoms with Crippen molar-refractivity contribution in [3.8, 4) is 11.5 Å². The average molecular weight is 383 g/mol. The molecule has 0 aromatic heterocycles. The van der Waals surface area contributed by atoms with Gasteiger partial charge in [0.1, 0.15) is 11.5 Å². The third-order valence-electron chi connectivity index (χ3n) is 3.35. The molecule has 2 rings (SSSR count). The number of phenols is 1. The van der Waals surface area contributed by atoms with Crippen molar-refractivity contribution in [3.05, 3.63) is 57.6 Å². The lowest BCUT2D eigenvalue weighted by Gasteiger charge is -2.16. The molecule has 1 atom stereocenters. The molecular formula is C17H16Cl2N2O4. The average Bonchev–Trinajstić information content (AvgIpc) is 2.57. The van der Waals surface area contributed by atoms with Crippen molar-refractivity contribution < 1.29 is 19.4 Å². The lowest BCUT2D eigenvalue weighted by atomic mass is 10.1. The quantitative estimate of drug-likeness (QED) is 0.708. The van der Waals surface area contributed by atoms with E-state index < -0.39 is 17.9 Å². The third-order valence-corrected chi connectivity index (χ3v) is 3.88. The number of ether oxygens (including phenoxy) is 1. The van der Waals surface area contributed by atoms with Gasteiger partial charge in [0.15, 0.2) is 6.10 Å². The predicted octanol–water partition coefficient (Wildman–Crippen LogP) is 3.24. The van der Waals surface area contributed by atoms with Crippen LogP contribution in [0.15, 0.2) is 36.4 Å². The molecule has 0 bridgehead atoms. The van der Waals surface area contributed by atoms with Gasteiger partial charge in [-0.3, -0.25) is 20.4 Å².